The van der Waals surface area contributed by atoms with Gasteiger partial charge in [0.15, 0.2) is 5.78 Å². The van der Waals surface area contributed by atoms with Crippen LogP contribution < -0.4 is 0 Å². The van der Waals surface area contributed by atoms with Crippen molar-refractivity contribution in [3.05, 3.63) is 40.9 Å². The summed E-state index contributed by atoms with van der Waals surface area (Å²) in [6.45, 7) is 1.81. The van der Waals surface area contributed by atoms with Gasteiger partial charge in [-0.2, -0.15) is 23.3 Å². The van der Waals surface area contributed by atoms with Gasteiger partial charge in [-0.25, -0.2) is 0 Å². The molecule has 11 heteroatoms. The van der Waals surface area contributed by atoms with Crippen molar-refractivity contribution in [1.82, 2.24) is 19.9 Å². The second-order valence-corrected chi connectivity index (χ2v) is 6.48. The van der Waals surface area contributed by atoms with Gasteiger partial charge in [-0.15, -0.1) is 11.3 Å². The quantitative estimate of drug-likeness (QED) is 0.604. The molecule has 1 atom stereocenters. The largest absolute Gasteiger partial charge is 0.471 e. The number of nitrogens with zero attached hydrogens (tertiary/aromatic N) is 4. The van der Waals surface area contributed by atoms with E-state index in [2.05, 4.69) is 19.8 Å². The number of ether oxygens (including phenoxy) is 1. The number of halogens is 3. The van der Waals surface area contributed by atoms with Gasteiger partial charge in [0.25, 0.3) is 0 Å². The van der Waals surface area contributed by atoms with Crippen molar-refractivity contribution in [2.24, 2.45) is 0 Å². The third-order valence-electron chi connectivity index (χ3n) is 3.52. The lowest BCUT2D eigenvalue weighted by molar-refractivity contribution is -0.159. The Balaban J connectivity index is 1.79. The molecule has 7 nitrogen and oxygen atoms in total. The van der Waals surface area contributed by atoms with Crippen LogP contribution in [0.4, 0.5) is 13.2 Å². The van der Waals surface area contributed by atoms with Crippen molar-refractivity contribution in [2.75, 3.05) is 13.7 Å². The van der Waals surface area contributed by atoms with Gasteiger partial charge in [-0.1, -0.05) is 5.16 Å². The third kappa shape index (κ3) is 3.68. The van der Waals surface area contributed by atoms with E-state index >= 15 is 0 Å². The van der Waals surface area contributed by atoms with Crippen molar-refractivity contribution in [3.8, 4) is 10.7 Å². The number of hydrogen-bond donors (Lipinski definition) is 0. The van der Waals surface area contributed by atoms with E-state index in [4.69, 9.17) is 4.74 Å². The highest BCUT2D eigenvalue weighted by molar-refractivity contribution is 7.15. The van der Waals surface area contributed by atoms with Gasteiger partial charge < -0.3 is 9.26 Å². The first-order chi connectivity index (χ1) is 12.3. The predicted molar refractivity (Wildman–Crippen MR) is 84.9 cm³/mol. The normalized spacial score (nSPS) is 13.1. The van der Waals surface area contributed by atoms with Gasteiger partial charge in [0.05, 0.1) is 22.7 Å². The zero-order valence-corrected chi connectivity index (χ0v) is 14.5. The van der Waals surface area contributed by atoms with Gasteiger partial charge in [-0.05, 0) is 19.1 Å². The minimum atomic E-state index is -4.68. The molecule has 0 N–H and O–H groups in total. The fourth-order valence-corrected chi connectivity index (χ4v) is 3.15. The Hall–Kier alpha value is -2.53. The molecule has 3 aromatic rings. The van der Waals surface area contributed by atoms with E-state index in [0.29, 0.717) is 10.4 Å². The summed E-state index contributed by atoms with van der Waals surface area (Å²) in [6.07, 6.45) is -1.64. The average Bonchev–Trinajstić information content (AvgIpc) is 3.31. The number of ketones is 1. The maximum atomic E-state index is 12.6. The summed E-state index contributed by atoms with van der Waals surface area (Å²) in [6, 6.07) is 3.13. The van der Waals surface area contributed by atoms with Crippen LogP contribution >= 0.6 is 11.3 Å². The molecule has 0 aliphatic rings. The third-order valence-corrected chi connectivity index (χ3v) is 4.77. The molecule has 3 heterocycles. The van der Waals surface area contributed by atoms with E-state index in [9.17, 15) is 18.0 Å². The molecule has 0 aromatic carbocycles. The number of carbonyl (C=O) groups is 1. The number of alkyl halides is 3. The Kier molecular flexibility index (Phi) is 4.92. The Morgan fingerprint density at radius 1 is 1.42 bits per heavy atom. The number of thiophene rings is 1. The lowest BCUT2D eigenvalue weighted by atomic mass is 10.2. The first-order valence-electron chi connectivity index (χ1n) is 7.37. The number of methoxy groups -OCH3 is 1. The van der Waals surface area contributed by atoms with Crippen LogP contribution in [0.3, 0.4) is 0 Å². The molecule has 0 amide bonds. The first kappa shape index (κ1) is 18.3. The Morgan fingerprint density at radius 3 is 2.85 bits per heavy atom. The van der Waals surface area contributed by atoms with E-state index in [1.807, 2.05) is 6.92 Å². The van der Waals surface area contributed by atoms with Gasteiger partial charge in [-0.3, -0.25) is 9.48 Å². The summed E-state index contributed by atoms with van der Waals surface area (Å²) in [5, 5.41) is 7.53. The Labute approximate surface area is 149 Å². The zero-order chi connectivity index (χ0) is 18.9. The maximum absolute atomic E-state index is 12.6. The number of rotatable bonds is 6. The van der Waals surface area contributed by atoms with Crippen LogP contribution in [-0.2, 0) is 10.9 Å². The van der Waals surface area contributed by atoms with Crippen LogP contribution in [0.5, 0.6) is 0 Å². The maximum Gasteiger partial charge on any atom is 0.471 e. The minimum absolute atomic E-state index is 0.0391. The highest BCUT2D eigenvalue weighted by atomic mass is 32.1. The molecular weight excluding hydrogens is 373 g/mol. The molecule has 1 unspecified atom stereocenters. The number of carbonyl (C=O) groups excluding carboxylic acids is 1. The Bertz CT molecular complexity index is 915. The summed E-state index contributed by atoms with van der Waals surface area (Å²) in [5.41, 5.74) is 0.420. The smallest absolute Gasteiger partial charge is 0.377 e. The molecule has 0 aliphatic heterocycles. The van der Waals surface area contributed by atoms with Crippen LogP contribution in [0.1, 0.15) is 34.1 Å². The van der Waals surface area contributed by atoms with E-state index in [-0.39, 0.29) is 24.3 Å². The summed E-state index contributed by atoms with van der Waals surface area (Å²) >= 11 is 1.22. The van der Waals surface area contributed by atoms with Crippen molar-refractivity contribution in [1.29, 1.82) is 0 Å². The fourth-order valence-electron chi connectivity index (χ4n) is 2.17. The van der Waals surface area contributed by atoms with E-state index in [1.54, 1.807) is 23.0 Å². The van der Waals surface area contributed by atoms with Gasteiger partial charge >= 0.3 is 12.1 Å². The molecule has 0 bridgehead atoms. The van der Waals surface area contributed by atoms with Crippen molar-refractivity contribution >= 4 is 17.1 Å². The van der Waals surface area contributed by atoms with Crippen molar-refractivity contribution in [2.45, 2.75) is 19.1 Å². The van der Waals surface area contributed by atoms with E-state index in [1.165, 1.54) is 24.6 Å². The molecule has 0 aliphatic carbocycles. The molecule has 138 valence electrons. The highest BCUT2D eigenvalue weighted by Gasteiger charge is 2.38. The highest BCUT2D eigenvalue weighted by Crippen LogP contribution is 2.34. The van der Waals surface area contributed by atoms with Crippen LogP contribution in [-0.4, -0.2) is 39.4 Å². The van der Waals surface area contributed by atoms with Crippen LogP contribution in [0.15, 0.2) is 29.0 Å². The molecule has 0 spiro atoms. The van der Waals surface area contributed by atoms with E-state index < -0.39 is 12.1 Å². The lowest BCUT2D eigenvalue weighted by Crippen LogP contribution is -2.07. The summed E-state index contributed by atoms with van der Waals surface area (Å²) in [4.78, 5) is 16.4. The second-order valence-electron chi connectivity index (χ2n) is 5.36. The summed E-state index contributed by atoms with van der Waals surface area (Å²) in [7, 11) is 1.43. The summed E-state index contributed by atoms with van der Waals surface area (Å²) in [5.74, 6) is -1.70. The predicted octanol–water partition coefficient (Wildman–Crippen LogP) is 3.45. The van der Waals surface area contributed by atoms with E-state index in [0.717, 1.165) is 4.88 Å². The molecule has 0 saturated heterocycles. The van der Waals surface area contributed by atoms with Crippen molar-refractivity contribution < 1.29 is 27.2 Å². The zero-order valence-electron chi connectivity index (χ0n) is 13.6. The fraction of sp³-hybridized carbons (Fsp3) is 0.333. The molecule has 3 aromatic heterocycles. The second kappa shape index (κ2) is 7.00. The van der Waals surface area contributed by atoms with Gasteiger partial charge in [0.1, 0.15) is 6.61 Å². The lowest BCUT2D eigenvalue weighted by Gasteiger charge is -2.09. The summed E-state index contributed by atoms with van der Waals surface area (Å²) < 4.78 is 48.3. The molecule has 3 rings (SSSR count). The number of aromatic nitrogens is 4. The van der Waals surface area contributed by atoms with Crippen LogP contribution in [0.25, 0.3) is 10.7 Å². The van der Waals surface area contributed by atoms with Crippen LogP contribution in [0, 0.1) is 0 Å². The standard InChI is InChI=1S/C15H13F3N4O3S/c1-8(22-6-9(5-19-22)10(23)7-24-2)11-3-4-12(26-11)13-20-14(25-21-13)15(16,17)18/h3-6,8H,7H2,1-2H3. The monoisotopic (exact) mass is 386 g/mol. The number of Topliss-reactive ketones (excluding diaryl/α,β-unsaturated/α-hetero) is 1. The molecule has 0 radical (unpaired) electrons. The average molecular weight is 386 g/mol. The SMILES string of the molecule is COCC(=O)c1cnn(C(C)c2ccc(-c3noc(C(F)(F)F)n3)s2)c1. The van der Waals surface area contributed by atoms with Crippen LogP contribution in [0.2, 0.25) is 0 Å². The number of hydrogen-bond acceptors (Lipinski definition) is 7. The topological polar surface area (TPSA) is 83.0 Å². The van der Waals surface area contributed by atoms with Gasteiger partial charge in [0.2, 0.25) is 5.82 Å². The molecule has 0 fully saturated rings. The Morgan fingerprint density at radius 2 is 2.19 bits per heavy atom. The molecular formula is C15H13F3N4O3S. The molecule has 0 saturated carbocycles. The minimum Gasteiger partial charge on any atom is -0.377 e. The van der Waals surface area contributed by atoms with Crippen molar-refractivity contribution in [3.63, 3.8) is 0 Å². The molecule has 26 heavy (non-hydrogen) atoms. The first-order valence-corrected chi connectivity index (χ1v) is 8.18. The van der Waals surface area contributed by atoms with Gasteiger partial charge in [0, 0.05) is 18.2 Å².